The van der Waals surface area contributed by atoms with E-state index in [1.807, 2.05) is 0 Å². The van der Waals surface area contributed by atoms with E-state index in [1.165, 1.54) is 33.0 Å². The van der Waals surface area contributed by atoms with Crippen LogP contribution in [0.25, 0.3) is 33.0 Å². The Hall–Kier alpha value is -1.86. The van der Waals surface area contributed by atoms with Gasteiger partial charge in [0.2, 0.25) is 0 Å². The van der Waals surface area contributed by atoms with Gasteiger partial charge in [-0.15, -0.1) is 34.5 Å². The Labute approximate surface area is 164 Å². The maximum absolute atomic E-state index is 2.30. The summed E-state index contributed by atoms with van der Waals surface area (Å²) < 4.78 is 0. The number of hydrogen-bond donors (Lipinski definition) is 0. The van der Waals surface area contributed by atoms with Gasteiger partial charge in [0.15, 0.2) is 0 Å². The minimum Gasteiger partial charge on any atom is -0.358 e. The van der Waals surface area contributed by atoms with Crippen LogP contribution in [-0.2, 0) is 25.8 Å². The second-order valence-corrected chi connectivity index (χ2v) is 5.28. The van der Waals surface area contributed by atoms with Crippen molar-refractivity contribution in [2.45, 2.75) is 0 Å². The predicted molar refractivity (Wildman–Crippen MR) is 103 cm³/mol. The molecular weight excluding hydrogens is 455 g/mol. The van der Waals surface area contributed by atoms with Gasteiger partial charge in [0, 0.05) is 25.8 Å². The second-order valence-electron chi connectivity index (χ2n) is 5.28. The first kappa shape index (κ1) is 20.2. The van der Waals surface area contributed by atoms with Crippen molar-refractivity contribution >= 4 is 10.8 Å². The molecule has 0 aromatic heterocycles. The molecule has 120 valence electrons. The van der Waals surface area contributed by atoms with Gasteiger partial charge in [-0.1, -0.05) is 83.9 Å². The molecule has 0 aliphatic heterocycles. The molecule has 0 aliphatic rings. The van der Waals surface area contributed by atoms with E-state index < -0.39 is 0 Å². The van der Waals surface area contributed by atoms with Gasteiger partial charge < -0.3 is 14.9 Å². The van der Waals surface area contributed by atoms with E-state index in [1.54, 1.807) is 0 Å². The summed E-state index contributed by atoms with van der Waals surface area (Å²) in [5.74, 6) is 0. The van der Waals surface area contributed by atoms with Crippen molar-refractivity contribution in [3.8, 4) is 22.3 Å². The van der Waals surface area contributed by atoms with Crippen molar-refractivity contribution in [2.24, 2.45) is 0 Å². The number of rotatable bonds is 2. The quantitative estimate of drug-likeness (QED) is 0.221. The molecule has 0 fully saturated rings. The van der Waals surface area contributed by atoms with Crippen LogP contribution < -0.4 is 0 Å². The van der Waals surface area contributed by atoms with E-state index in [-0.39, 0.29) is 40.7 Å². The predicted octanol–water partition coefficient (Wildman–Crippen LogP) is 6.79. The van der Waals surface area contributed by atoms with E-state index in [0.717, 1.165) is 0 Å². The minimum atomic E-state index is 0. The second kappa shape index (κ2) is 8.84. The smallest absolute Gasteiger partial charge is 0 e. The zero-order valence-corrected chi connectivity index (χ0v) is 17.8. The summed E-state index contributed by atoms with van der Waals surface area (Å²) in [6.07, 6.45) is 0. The van der Waals surface area contributed by atoms with Crippen LogP contribution >= 0.6 is 0 Å². The normalized spacial score (nSPS) is 9.50. The Morgan fingerprint density at radius 1 is 0.583 bits per heavy atom. The van der Waals surface area contributed by atoms with E-state index in [9.17, 15) is 0 Å². The third-order valence-electron chi connectivity index (χ3n) is 3.94. The number of hydrogen-bond acceptors (Lipinski definition) is 0. The van der Waals surface area contributed by atoms with E-state index in [4.69, 9.17) is 0 Å². The standard InChI is InChI=1S/C21H15.2CH3.Hf/c1-3-8-16(9-4-1)19-14-18-12-7-13-20(21(18)15-19)17-10-5-2-6-11-17;;;/h1-15H;2*1H3;/q3*-1;. The maximum atomic E-state index is 2.30. The monoisotopic (exact) mass is 477 g/mol. The summed E-state index contributed by atoms with van der Waals surface area (Å²) in [7, 11) is 0. The summed E-state index contributed by atoms with van der Waals surface area (Å²) in [6.45, 7) is 0. The van der Waals surface area contributed by atoms with Crippen molar-refractivity contribution in [3.63, 3.8) is 0 Å². The molecule has 0 aliphatic carbocycles. The van der Waals surface area contributed by atoms with Crippen LogP contribution in [0.2, 0.25) is 0 Å². The Balaban J connectivity index is 0.000000960. The van der Waals surface area contributed by atoms with E-state index in [0.29, 0.717) is 0 Å². The summed E-state index contributed by atoms with van der Waals surface area (Å²) in [5.41, 5.74) is 5.13. The molecule has 4 rings (SSSR count). The number of benzene rings is 3. The van der Waals surface area contributed by atoms with Gasteiger partial charge in [0.1, 0.15) is 0 Å². The molecule has 0 atom stereocenters. The average molecular weight is 476 g/mol. The molecule has 4 aromatic carbocycles. The third kappa shape index (κ3) is 3.79. The van der Waals surface area contributed by atoms with E-state index in [2.05, 4.69) is 91.0 Å². The molecule has 0 heterocycles. The van der Waals surface area contributed by atoms with Crippen LogP contribution in [0.4, 0.5) is 0 Å². The van der Waals surface area contributed by atoms with Crippen LogP contribution in [0.1, 0.15) is 0 Å². The Morgan fingerprint density at radius 3 is 1.79 bits per heavy atom. The molecule has 4 aromatic rings. The molecule has 0 amide bonds. The summed E-state index contributed by atoms with van der Waals surface area (Å²) in [5, 5.41) is 2.62. The fourth-order valence-corrected chi connectivity index (χ4v) is 2.90. The van der Waals surface area contributed by atoms with Gasteiger partial charge in [-0.05, 0) is 5.56 Å². The molecule has 1 heteroatoms. The molecule has 0 nitrogen and oxygen atoms in total. The van der Waals surface area contributed by atoms with Crippen LogP contribution in [-0.4, -0.2) is 0 Å². The van der Waals surface area contributed by atoms with Gasteiger partial charge in [0.05, 0.1) is 0 Å². The van der Waals surface area contributed by atoms with Crippen molar-refractivity contribution < 1.29 is 25.8 Å². The molecular formula is C23H21Hf-3. The van der Waals surface area contributed by atoms with Gasteiger partial charge in [-0.25, -0.2) is 0 Å². The molecule has 0 unspecified atom stereocenters. The fraction of sp³-hybridized carbons (Fsp3) is 0. The van der Waals surface area contributed by atoms with Crippen LogP contribution in [0, 0.1) is 14.9 Å². The van der Waals surface area contributed by atoms with E-state index >= 15 is 0 Å². The summed E-state index contributed by atoms with van der Waals surface area (Å²) >= 11 is 0. The van der Waals surface area contributed by atoms with Crippen LogP contribution in [0.3, 0.4) is 0 Å². The summed E-state index contributed by atoms with van der Waals surface area (Å²) in [4.78, 5) is 0. The van der Waals surface area contributed by atoms with Crippen molar-refractivity contribution in [2.75, 3.05) is 0 Å². The Bertz CT molecular complexity index is 874. The molecule has 0 spiro atoms. The molecule has 0 bridgehead atoms. The largest absolute Gasteiger partial charge is 0.358 e. The van der Waals surface area contributed by atoms with Gasteiger partial charge in [0.25, 0.3) is 0 Å². The zero-order chi connectivity index (χ0) is 14.1. The number of fused-ring (bicyclic) bond motifs is 1. The first-order valence-electron chi connectivity index (χ1n) is 7.22. The molecule has 0 N–H and O–H groups in total. The summed E-state index contributed by atoms with van der Waals surface area (Å²) in [6, 6.07) is 32.2. The molecule has 0 saturated heterocycles. The van der Waals surface area contributed by atoms with Crippen molar-refractivity contribution in [3.05, 3.63) is 106 Å². The first-order chi connectivity index (χ1) is 10.4. The average Bonchev–Trinajstić information content (AvgIpc) is 3.00. The molecule has 0 radical (unpaired) electrons. The molecule has 0 saturated carbocycles. The fourth-order valence-electron chi connectivity index (χ4n) is 2.90. The van der Waals surface area contributed by atoms with Crippen LogP contribution in [0.15, 0.2) is 91.0 Å². The van der Waals surface area contributed by atoms with Crippen molar-refractivity contribution in [1.29, 1.82) is 0 Å². The maximum Gasteiger partial charge on any atom is 0 e. The minimum absolute atomic E-state index is 0. The Kier molecular flexibility index (Phi) is 7.44. The van der Waals surface area contributed by atoms with Crippen molar-refractivity contribution in [1.82, 2.24) is 0 Å². The van der Waals surface area contributed by atoms with Gasteiger partial charge in [-0.2, -0.15) is 0 Å². The zero-order valence-electron chi connectivity index (χ0n) is 14.2. The molecule has 24 heavy (non-hydrogen) atoms. The van der Waals surface area contributed by atoms with Gasteiger partial charge >= 0.3 is 0 Å². The van der Waals surface area contributed by atoms with Gasteiger partial charge in [-0.3, -0.25) is 0 Å². The Morgan fingerprint density at radius 2 is 1.17 bits per heavy atom. The SMILES string of the molecule is [CH3-].[CH3-].[Hf].c1ccc(-c2cc3c(-c4ccccc4)cccc3[cH-]2)cc1. The third-order valence-corrected chi connectivity index (χ3v) is 3.94. The van der Waals surface area contributed by atoms with Crippen LogP contribution in [0.5, 0.6) is 0 Å². The first-order valence-corrected chi connectivity index (χ1v) is 7.22. The topological polar surface area (TPSA) is 0 Å².